The molecule has 0 aliphatic carbocycles. The molecule has 2 heterocycles. The van der Waals surface area contributed by atoms with E-state index in [2.05, 4.69) is 20.3 Å². The van der Waals surface area contributed by atoms with E-state index < -0.39 is 33.2 Å². The van der Waals surface area contributed by atoms with Crippen molar-refractivity contribution in [2.24, 2.45) is 0 Å². The van der Waals surface area contributed by atoms with E-state index in [0.29, 0.717) is 17.3 Å². The summed E-state index contributed by atoms with van der Waals surface area (Å²) in [5.74, 6) is -2.65. The van der Waals surface area contributed by atoms with Crippen LogP contribution in [0, 0.1) is 29.2 Å². The maximum atomic E-state index is 14.1. The molecule has 0 bridgehead atoms. The van der Waals surface area contributed by atoms with Gasteiger partial charge in [0.15, 0.2) is 16.7 Å². The van der Waals surface area contributed by atoms with Crippen LogP contribution in [0.4, 0.5) is 19.0 Å². The second-order valence-corrected chi connectivity index (χ2v) is 8.61. The third-order valence-electron chi connectivity index (χ3n) is 3.87. The lowest BCUT2D eigenvalue weighted by molar-refractivity contribution is 0.574. The van der Waals surface area contributed by atoms with Crippen molar-refractivity contribution in [3.8, 4) is 0 Å². The van der Waals surface area contributed by atoms with E-state index in [1.54, 1.807) is 6.92 Å². The van der Waals surface area contributed by atoms with Crippen LogP contribution >= 0.6 is 11.6 Å². The van der Waals surface area contributed by atoms with Crippen molar-refractivity contribution in [2.75, 3.05) is 11.6 Å². The molecule has 11 heteroatoms. The number of pyridine rings is 1. The van der Waals surface area contributed by atoms with Crippen LogP contribution in [-0.2, 0) is 9.73 Å². The number of hydrogen-bond donors (Lipinski definition) is 3. The summed E-state index contributed by atoms with van der Waals surface area (Å²) >= 11 is 5.73. The quantitative estimate of drug-likeness (QED) is 0.559. The zero-order valence-corrected chi connectivity index (χ0v) is 16.3. The number of aromatic amines is 1. The van der Waals surface area contributed by atoms with Gasteiger partial charge in [-0.25, -0.2) is 32.1 Å². The Hall–Kier alpha value is -2.59. The SMILES string of the molecule is Cc1[nH]c([C@@H](Nc2ncc(F)cc2F)c2ccc(Cl)c(F)c2)nc1S(C)(=N)=O. The summed E-state index contributed by atoms with van der Waals surface area (Å²) in [5.41, 5.74) is 0.687. The summed E-state index contributed by atoms with van der Waals surface area (Å²) in [7, 11) is -3.13. The molecule has 148 valence electrons. The maximum Gasteiger partial charge on any atom is 0.168 e. The number of anilines is 1. The fourth-order valence-electron chi connectivity index (χ4n) is 2.64. The molecule has 0 saturated heterocycles. The molecular weight excluding hydrogens is 415 g/mol. The highest BCUT2D eigenvalue weighted by molar-refractivity contribution is 7.91. The van der Waals surface area contributed by atoms with Gasteiger partial charge in [-0.1, -0.05) is 17.7 Å². The van der Waals surface area contributed by atoms with Crippen LogP contribution in [0.3, 0.4) is 0 Å². The second-order valence-electron chi connectivity index (χ2n) is 6.13. The van der Waals surface area contributed by atoms with Crippen molar-refractivity contribution >= 4 is 27.1 Å². The molecule has 3 rings (SSSR count). The number of benzene rings is 1. The van der Waals surface area contributed by atoms with Gasteiger partial charge in [-0.05, 0) is 24.6 Å². The van der Waals surface area contributed by atoms with Gasteiger partial charge in [0.2, 0.25) is 0 Å². The van der Waals surface area contributed by atoms with E-state index in [1.165, 1.54) is 18.4 Å². The number of nitrogens with one attached hydrogen (secondary N) is 3. The molecule has 0 aliphatic heterocycles. The Morgan fingerprint density at radius 3 is 2.54 bits per heavy atom. The van der Waals surface area contributed by atoms with Gasteiger partial charge in [0.1, 0.15) is 23.5 Å². The van der Waals surface area contributed by atoms with Crippen molar-refractivity contribution in [1.82, 2.24) is 15.0 Å². The Morgan fingerprint density at radius 1 is 1.25 bits per heavy atom. The minimum absolute atomic E-state index is 0.0243. The van der Waals surface area contributed by atoms with Crippen molar-refractivity contribution in [3.05, 3.63) is 70.0 Å². The first-order valence-corrected chi connectivity index (χ1v) is 10.2. The van der Waals surface area contributed by atoms with E-state index in [9.17, 15) is 17.4 Å². The fourth-order valence-corrected chi connectivity index (χ4v) is 3.67. The van der Waals surface area contributed by atoms with Crippen LogP contribution in [0.1, 0.15) is 23.1 Å². The zero-order valence-electron chi connectivity index (χ0n) is 14.7. The molecule has 2 aromatic heterocycles. The van der Waals surface area contributed by atoms with Gasteiger partial charge in [-0.2, -0.15) is 0 Å². The zero-order chi connectivity index (χ0) is 20.6. The predicted octanol–water partition coefficient (Wildman–Crippen LogP) is 4.42. The van der Waals surface area contributed by atoms with Gasteiger partial charge in [-0.15, -0.1) is 0 Å². The van der Waals surface area contributed by atoms with Crippen LogP contribution < -0.4 is 5.32 Å². The molecule has 0 aliphatic rings. The normalized spacial score (nSPS) is 14.5. The van der Waals surface area contributed by atoms with Crippen molar-refractivity contribution in [1.29, 1.82) is 4.78 Å². The fraction of sp³-hybridized carbons (Fsp3) is 0.176. The smallest absolute Gasteiger partial charge is 0.168 e. The summed E-state index contributed by atoms with van der Waals surface area (Å²) < 4.78 is 61.1. The molecule has 0 amide bonds. The summed E-state index contributed by atoms with van der Waals surface area (Å²) in [6, 6.07) is 3.62. The number of nitrogens with zero attached hydrogens (tertiary/aromatic N) is 2. The molecule has 3 N–H and O–H groups in total. The highest BCUT2D eigenvalue weighted by Crippen LogP contribution is 2.29. The van der Waals surface area contributed by atoms with Crippen molar-refractivity contribution < 1.29 is 17.4 Å². The number of imidazole rings is 1. The highest BCUT2D eigenvalue weighted by Gasteiger charge is 2.24. The van der Waals surface area contributed by atoms with E-state index >= 15 is 0 Å². The molecule has 0 fully saturated rings. The van der Waals surface area contributed by atoms with Gasteiger partial charge in [-0.3, -0.25) is 0 Å². The third kappa shape index (κ3) is 4.12. The van der Waals surface area contributed by atoms with Crippen LogP contribution in [0.5, 0.6) is 0 Å². The Balaban J connectivity index is 2.13. The van der Waals surface area contributed by atoms with Crippen LogP contribution in [0.15, 0.2) is 35.5 Å². The Bertz CT molecular complexity index is 1150. The van der Waals surface area contributed by atoms with Gasteiger partial charge < -0.3 is 10.3 Å². The van der Waals surface area contributed by atoms with E-state index in [0.717, 1.165) is 12.3 Å². The first-order chi connectivity index (χ1) is 13.1. The maximum absolute atomic E-state index is 14.1. The van der Waals surface area contributed by atoms with Gasteiger partial charge in [0, 0.05) is 18.0 Å². The largest absolute Gasteiger partial charge is 0.354 e. The topological polar surface area (TPSA) is 94.5 Å². The first-order valence-electron chi connectivity index (χ1n) is 7.89. The molecule has 2 atom stereocenters. The summed E-state index contributed by atoms with van der Waals surface area (Å²) in [5, 5.41) is 2.66. The second kappa shape index (κ2) is 7.44. The number of halogens is 4. The molecular formula is C17H15ClF3N5OS. The lowest BCUT2D eigenvalue weighted by Gasteiger charge is -2.18. The molecule has 1 unspecified atom stereocenters. The molecule has 6 nitrogen and oxygen atoms in total. The Kier molecular flexibility index (Phi) is 5.35. The third-order valence-corrected chi connectivity index (χ3v) is 5.31. The van der Waals surface area contributed by atoms with Gasteiger partial charge in [0.25, 0.3) is 0 Å². The van der Waals surface area contributed by atoms with Gasteiger partial charge in [0.05, 0.1) is 20.9 Å². The van der Waals surface area contributed by atoms with E-state index in [-0.39, 0.29) is 21.7 Å². The number of aromatic nitrogens is 3. The van der Waals surface area contributed by atoms with Gasteiger partial charge >= 0.3 is 0 Å². The monoisotopic (exact) mass is 429 g/mol. The average molecular weight is 430 g/mol. The van der Waals surface area contributed by atoms with Crippen LogP contribution in [0.2, 0.25) is 5.02 Å². The lowest BCUT2D eigenvalue weighted by Crippen LogP contribution is -2.16. The molecule has 0 spiro atoms. The molecule has 28 heavy (non-hydrogen) atoms. The van der Waals surface area contributed by atoms with Crippen molar-refractivity contribution in [3.63, 3.8) is 0 Å². The average Bonchev–Trinajstić information content (AvgIpc) is 2.99. The van der Waals surface area contributed by atoms with Crippen LogP contribution in [-0.4, -0.2) is 25.4 Å². The first kappa shape index (κ1) is 20.2. The van der Waals surface area contributed by atoms with Crippen molar-refractivity contribution in [2.45, 2.75) is 18.0 Å². The summed E-state index contributed by atoms with van der Waals surface area (Å²) in [4.78, 5) is 10.7. The standard InChI is InChI=1S/C17H15ClF3N5OS/c1-8-17(28(2,22)27)26-16(24-8)14(9-3-4-11(18)12(20)5-9)25-15-13(21)6-10(19)7-23-15/h3-7,14,22H,1-2H3,(H,23,25)(H,24,26)/t14-,28?/m0/s1. The lowest BCUT2D eigenvalue weighted by atomic mass is 10.1. The number of H-pyrrole nitrogens is 1. The number of hydrogen-bond acceptors (Lipinski definition) is 5. The Morgan fingerprint density at radius 2 is 1.96 bits per heavy atom. The number of rotatable bonds is 5. The Labute approximate surface area is 164 Å². The predicted molar refractivity (Wildman–Crippen MR) is 99.4 cm³/mol. The minimum atomic E-state index is -3.13. The molecule has 1 aromatic carbocycles. The minimum Gasteiger partial charge on any atom is -0.354 e. The van der Waals surface area contributed by atoms with E-state index in [4.69, 9.17) is 16.4 Å². The molecule has 0 saturated carbocycles. The summed E-state index contributed by atoms with van der Waals surface area (Å²) in [6.45, 7) is 1.58. The van der Waals surface area contributed by atoms with E-state index in [1.807, 2.05) is 0 Å². The number of aryl methyl sites for hydroxylation is 1. The summed E-state index contributed by atoms with van der Waals surface area (Å²) in [6.07, 6.45) is 2.04. The van der Waals surface area contributed by atoms with Crippen LogP contribution in [0.25, 0.3) is 0 Å². The molecule has 3 aromatic rings. The highest BCUT2D eigenvalue weighted by atomic mass is 35.5. The molecule has 0 radical (unpaired) electrons.